The lowest BCUT2D eigenvalue weighted by atomic mass is 9.94. The molecule has 128 heavy (non-hydrogen) atoms. The van der Waals surface area contributed by atoms with Gasteiger partial charge in [-0.1, -0.05) is 276 Å². The van der Waals surface area contributed by atoms with Crippen molar-refractivity contribution in [2.45, 2.75) is 136 Å². The van der Waals surface area contributed by atoms with Gasteiger partial charge in [-0.3, -0.25) is 47.7 Å². The van der Waals surface area contributed by atoms with E-state index in [1.807, 2.05) is 243 Å². The number of rotatable bonds is 35. The second kappa shape index (κ2) is 47.5. The molecule has 7 amide bonds. The fourth-order valence-corrected chi connectivity index (χ4v) is 15.6. The summed E-state index contributed by atoms with van der Waals surface area (Å²) in [6.07, 6.45) is 6.17. The average molecular weight is 1820 g/mol. The summed E-state index contributed by atoms with van der Waals surface area (Å²) in [4.78, 5) is 87.9. The van der Waals surface area contributed by atoms with Crippen molar-refractivity contribution in [2.75, 3.05) is 25.0 Å². The molecule has 0 saturated carbocycles. The number of benzene rings is 9. The van der Waals surface area contributed by atoms with Gasteiger partial charge >= 0.3 is 6.09 Å². The number of aromatic nitrogens is 8. The van der Waals surface area contributed by atoms with Gasteiger partial charge in [-0.05, 0) is 155 Å². The first-order valence-corrected chi connectivity index (χ1v) is 48.6. The summed E-state index contributed by atoms with van der Waals surface area (Å²) < 4.78 is 104. The summed E-state index contributed by atoms with van der Waals surface area (Å²) in [6, 6.07) is 79.9. The number of hydrogen-bond acceptors (Lipinski definition) is 23. The van der Waals surface area contributed by atoms with Crippen LogP contribution in [0.2, 0.25) is 0 Å². The zero-order chi connectivity index (χ0) is 93.4. The van der Waals surface area contributed by atoms with E-state index in [-0.39, 0.29) is 37.0 Å². The molecule has 36 heteroatoms. The number of carbonyl (C=O) groups is 7. The molecule has 0 bridgehead atoms. The molecular weight excluding hydrogens is 1710 g/mol. The Morgan fingerprint density at radius 1 is 0.367 bits per heavy atom. The fraction of sp³-hybridized carbons (Fsp3) is 0.315. The summed E-state index contributed by atoms with van der Waals surface area (Å²) in [5.41, 5.74) is 19.1. The maximum atomic E-state index is 13.0. The highest BCUT2D eigenvalue weighted by molar-refractivity contribution is 7.90. The van der Waals surface area contributed by atoms with Gasteiger partial charge in [0.1, 0.15) is 5.60 Å². The molecule has 10 N–H and O–H groups in total. The van der Waals surface area contributed by atoms with Crippen molar-refractivity contribution in [3.05, 3.63) is 288 Å². The largest absolute Gasteiger partial charge is 0.444 e. The van der Waals surface area contributed by atoms with Crippen molar-refractivity contribution in [3.8, 4) is 44.5 Å². The number of ether oxygens (including phenoxy) is 1. The Morgan fingerprint density at radius 3 is 0.945 bits per heavy atom. The maximum absolute atomic E-state index is 13.0. The number of H-pyrrole nitrogens is 1. The highest BCUT2D eigenvalue weighted by atomic mass is 32.2. The summed E-state index contributed by atoms with van der Waals surface area (Å²) in [5.74, 6) is -6.13. The van der Waals surface area contributed by atoms with Gasteiger partial charge in [0, 0.05) is 47.8 Å². The number of tetrazole rings is 2. The summed E-state index contributed by atoms with van der Waals surface area (Å²) >= 11 is 0. The SMILES string of the molecule is C[C@H](C[C@@H](Cc1ccc(-c2ccccc2)cc1)NC(=O)OC(C)(C)C)C(=O)NS(C)(=O)=O.C[C@H](C[C@@H](Cc1ccc(-c2ccccc2)cc1)NC(=O)c1nn[nH]n1)C(=O)NS(C)(=O)=O.C[C@H](C[C@@H](Cc1ccc(-c2ccccc2)cc1)NC(=O)c1nnn(Cc2ccccc2)n1)C(=O)NS(C)(=O)=O.C[C@H](C[C@H](N)Cc1ccc(-c2ccccc2)cc1)C(=O)NS(C)(=O)=O. The first-order valence-electron chi connectivity index (χ1n) is 41.0. The number of amides is 7. The minimum atomic E-state index is -3.70. The second-order valence-electron chi connectivity index (χ2n) is 32.4. The minimum absolute atomic E-state index is 0.0939. The van der Waals surface area contributed by atoms with Gasteiger partial charge in [0.25, 0.3) is 23.5 Å². The number of sulfonamides is 4. The summed E-state index contributed by atoms with van der Waals surface area (Å²) in [7, 11) is -14.6. The smallest absolute Gasteiger partial charge is 0.407 e. The molecule has 8 atom stereocenters. The lowest BCUT2D eigenvalue weighted by molar-refractivity contribution is -0.123. The molecular formula is C92H110N16O16S4. The second-order valence-corrected chi connectivity index (χ2v) is 39.4. The van der Waals surface area contributed by atoms with Crippen LogP contribution in [0.4, 0.5) is 4.79 Å². The van der Waals surface area contributed by atoms with Gasteiger partial charge < -0.3 is 26.4 Å². The number of aromatic amines is 1. The van der Waals surface area contributed by atoms with E-state index in [0.717, 1.165) is 97.3 Å². The third kappa shape index (κ3) is 36.9. The van der Waals surface area contributed by atoms with E-state index in [9.17, 15) is 67.2 Å². The Bertz CT molecular complexity index is 5920. The molecule has 0 saturated heterocycles. The van der Waals surface area contributed by atoms with E-state index in [1.54, 1.807) is 48.5 Å². The molecule has 0 fully saturated rings. The number of alkyl carbamates (subject to hydrolysis) is 1. The molecule has 0 radical (unpaired) electrons. The Hall–Kier alpha value is -13.0. The molecule has 11 aromatic rings. The van der Waals surface area contributed by atoms with E-state index in [0.29, 0.717) is 38.6 Å². The Kier molecular flexibility index (Phi) is 37.3. The zero-order valence-corrected chi connectivity index (χ0v) is 76.3. The van der Waals surface area contributed by atoms with E-state index in [2.05, 4.69) is 76.3 Å². The van der Waals surface area contributed by atoms with Crippen LogP contribution in [0.3, 0.4) is 0 Å². The molecule has 0 unspecified atom stereocenters. The third-order valence-corrected chi connectivity index (χ3v) is 21.7. The standard InChI is InChI=1S/C28H30N6O4S.C24H32N2O5S.C21H24N6O4S.C19H24N2O3S/c1-20(27(35)32-39(2,37)38)17-25(18-21-13-15-24(16-14-21)23-11-7-4-8-12-23)29-28(36)26-30-33-34(31-26)19-22-9-5-3-6-10-22;1-17(22(27)26-32(5,29)30)15-21(25-23(28)31-24(2,3)4)16-18-11-13-20(14-12-18)19-9-7-6-8-10-19;1-14(20(28)25-32(2,30)31)12-18(22-21(29)19-23-26-27-24-19)13-15-8-10-17(11-9-15)16-6-4-3-5-7-16;1-14(19(22)21-25(2,23)24)12-18(20)13-15-8-10-17(11-9-15)16-6-4-3-5-7-16/h3-16,20,25H,17-19H2,1-2H3,(H,29,36)(H,32,35);6-14,17,21H,15-16H2,1-5H3,(H,25,28)(H,26,27);3-11,14,18H,12-13H2,1-2H3,(H,22,29)(H,25,28)(H,23,24,26,27);3-11,14,18H,12-13,20H2,1-2H3,(H,21,22)/t20-,25+;17-,21+;2*14-,18+/m1111/s1. The van der Waals surface area contributed by atoms with Crippen molar-refractivity contribution >= 4 is 81.6 Å². The monoisotopic (exact) mass is 1820 g/mol. The number of nitrogens with one attached hydrogen (secondary N) is 8. The molecule has 0 aliphatic rings. The molecule has 32 nitrogen and oxygen atoms in total. The third-order valence-electron chi connectivity index (χ3n) is 19.5. The highest BCUT2D eigenvalue weighted by Gasteiger charge is 2.30. The van der Waals surface area contributed by atoms with Crippen LogP contribution in [0.25, 0.3) is 44.5 Å². The van der Waals surface area contributed by atoms with Crippen LogP contribution in [0, 0.1) is 23.7 Å². The lowest BCUT2D eigenvalue weighted by Crippen LogP contribution is -2.43. The molecule has 2 aromatic heterocycles. The van der Waals surface area contributed by atoms with Gasteiger partial charge in [0.05, 0.1) is 31.6 Å². The van der Waals surface area contributed by atoms with E-state index in [1.165, 1.54) is 4.80 Å². The number of carbonyl (C=O) groups excluding carboxylic acids is 7. The molecule has 0 aliphatic carbocycles. The van der Waals surface area contributed by atoms with Gasteiger partial charge in [-0.2, -0.15) is 10.0 Å². The minimum Gasteiger partial charge on any atom is -0.444 e. The van der Waals surface area contributed by atoms with Crippen molar-refractivity contribution in [2.24, 2.45) is 29.4 Å². The summed E-state index contributed by atoms with van der Waals surface area (Å²) in [6.45, 7) is 12.2. The van der Waals surface area contributed by atoms with Crippen LogP contribution in [0.15, 0.2) is 249 Å². The molecule has 0 aliphatic heterocycles. The lowest BCUT2D eigenvalue weighted by Gasteiger charge is -2.25. The average Bonchev–Trinajstić information content (AvgIpc) is 1.44. The van der Waals surface area contributed by atoms with Gasteiger partial charge in [-0.25, -0.2) is 38.5 Å². The van der Waals surface area contributed by atoms with Crippen LogP contribution >= 0.6 is 0 Å². The maximum Gasteiger partial charge on any atom is 0.407 e. The summed E-state index contributed by atoms with van der Waals surface area (Å²) in [5, 5.41) is 33.5. The van der Waals surface area contributed by atoms with Crippen molar-refractivity contribution < 1.29 is 72.0 Å². The number of nitrogens with zero attached hydrogens (tertiary/aromatic N) is 7. The van der Waals surface area contributed by atoms with E-state index < -0.39 is 129 Å². The highest BCUT2D eigenvalue weighted by Crippen LogP contribution is 2.27. The Balaban J connectivity index is 0.000000213. The zero-order valence-electron chi connectivity index (χ0n) is 73.0. The van der Waals surface area contributed by atoms with E-state index >= 15 is 0 Å². The fourth-order valence-electron chi connectivity index (χ4n) is 13.4. The quantitative estimate of drug-likeness (QED) is 0.0178. The molecule has 11 rings (SSSR count). The molecule has 678 valence electrons. The van der Waals surface area contributed by atoms with Crippen LogP contribution in [-0.4, -0.2) is 171 Å². The number of nitrogens with two attached hydrogens (primary N) is 1. The van der Waals surface area contributed by atoms with Crippen LogP contribution < -0.4 is 40.6 Å². The topological polar surface area (TPSA) is 474 Å². The normalized spacial score (nSPS) is 13.3. The van der Waals surface area contributed by atoms with Gasteiger partial charge in [-0.15, -0.1) is 20.4 Å². The van der Waals surface area contributed by atoms with Crippen LogP contribution in [0.1, 0.15) is 123 Å². The molecule has 9 aromatic carbocycles. The van der Waals surface area contributed by atoms with E-state index in [4.69, 9.17) is 10.5 Å². The predicted octanol–water partition coefficient (Wildman–Crippen LogP) is 10.4. The van der Waals surface area contributed by atoms with Crippen molar-refractivity contribution in [1.29, 1.82) is 0 Å². The molecule has 0 spiro atoms. The predicted molar refractivity (Wildman–Crippen MR) is 491 cm³/mol. The van der Waals surface area contributed by atoms with Crippen molar-refractivity contribution in [3.63, 3.8) is 0 Å². The molecule has 2 heterocycles. The first-order chi connectivity index (χ1) is 60.4. The van der Waals surface area contributed by atoms with Gasteiger partial charge in [0.15, 0.2) is 0 Å². The first kappa shape index (κ1) is 100. The Labute approximate surface area is 747 Å². The van der Waals surface area contributed by atoms with Crippen LogP contribution in [0.5, 0.6) is 0 Å². The van der Waals surface area contributed by atoms with Gasteiger partial charge in [0.2, 0.25) is 63.7 Å². The van der Waals surface area contributed by atoms with Crippen molar-refractivity contribution in [1.82, 2.24) is 75.7 Å². The number of hydrogen-bond donors (Lipinski definition) is 9. The van der Waals surface area contributed by atoms with Crippen LogP contribution in [-0.2, 0) is 96.2 Å². The Morgan fingerprint density at radius 2 is 0.648 bits per heavy atom.